The van der Waals surface area contributed by atoms with Gasteiger partial charge in [0, 0.05) is 33.8 Å². The van der Waals surface area contributed by atoms with Crippen molar-refractivity contribution in [1.29, 1.82) is 0 Å². The minimum Gasteiger partial charge on any atom is -0.493 e. The van der Waals surface area contributed by atoms with Crippen molar-refractivity contribution in [2.24, 2.45) is 0 Å². The summed E-state index contributed by atoms with van der Waals surface area (Å²) >= 11 is 6.18. The maximum absolute atomic E-state index is 6.18. The number of aromatic nitrogens is 1. The number of benzene rings is 3. The first-order valence-electron chi connectivity index (χ1n) is 9.07. The summed E-state index contributed by atoms with van der Waals surface area (Å²) in [5.74, 6) is 2.58. The van der Waals surface area contributed by atoms with Gasteiger partial charge in [0.25, 0.3) is 0 Å². The predicted octanol–water partition coefficient (Wildman–Crippen LogP) is 6.26. The molecule has 0 amide bonds. The first kappa shape index (κ1) is 19.0. The van der Waals surface area contributed by atoms with Crippen LogP contribution in [0, 0.1) is 0 Å². The molecule has 0 fully saturated rings. The number of rotatable bonds is 6. The van der Waals surface area contributed by atoms with Crippen molar-refractivity contribution in [1.82, 2.24) is 4.98 Å². The highest BCUT2D eigenvalue weighted by molar-refractivity contribution is 6.30. The molecular formula is C23H21ClN2O3. The van der Waals surface area contributed by atoms with E-state index in [1.165, 1.54) is 0 Å². The normalized spacial score (nSPS) is 10.8. The summed E-state index contributed by atoms with van der Waals surface area (Å²) in [7, 11) is 4.78. The summed E-state index contributed by atoms with van der Waals surface area (Å²) in [6.45, 7) is 0. The van der Waals surface area contributed by atoms with E-state index >= 15 is 0 Å². The Morgan fingerprint density at radius 3 is 2.21 bits per heavy atom. The number of hydrogen-bond donors (Lipinski definition) is 2. The quantitative estimate of drug-likeness (QED) is 0.395. The van der Waals surface area contributed by atoms with Crippen molar-refractivity contribution >= 4 is 34.0 Å². The van der Waals surface area contributed by atoms with Gasteiger partial charge in [0.2, 0.25) is 5.75 Å². The second kappa shape index (κ2) is 7.97. The Balaban J connectivity index is 1.74. The summed E-state index contributed by atoms with van der Waals surface area (Å²) < 4.78 is 16.3. The number of halogens is 1. The number of aromatic amines is 1. The van der Waals surface area contributed by atoms with Crippen LogP contribution >= 0.6 is 11.6 Å². The Morgan fingerprint density at radius 2 is 1.55 bits per heavy atom. The zero-order valence-electron chi connectivity index (χ0n) is 16.4. The number of fused-ring (bicyclic) bond motifs is 1. The van der Waals surface area contributed by atoms with E-state index in [9.17, 15) is 0 Å². The first-order chi connectivity index (χ1) is 14.1. The standard InChI is InChI=1S/C23H21ClN2O3/c1-27-19-12-17(13-20(28-2)23(19)29-3)25-21-11-15-7-5-9-18(22(15)26-21)14-6-4-8-16(24)10-14/h4-13,25-26H,1-3H3. The second-order valence-electron chi connectivity index (χ2n) is 6.50. The van der Waals surface area contributed by atoms with Gasteiger partial charge in [0.1, 0.15) is 5.82 Å². The highest BCUT2D eigenvalue weighted by Gasteiger charge is 2.14. The number of hydrogen-bond acceptors (Lipinski definition) is 4. The largest absolute Gasteiger partial charge is 0.493 e. The van der Waals surface area contributed by atoms with E-state index < -0.39 is 0 Å². The van der Waals surface area contributed by atoms with Crippen LogP contribution in [0.3, 0.4) is 0 Å². The monoisotopic (exact) mass is 408 g/mol. The molecule has 0 atom stereocenters. The van der Waals surface area contributed by atoms with Gasteiger partial charge >= 0.3 is 0 Å². The molecule has 0 saturated carbocycles. The summed E-state index contributed by atoms with van der Waals surface area (Å²) in [4.78, 5) is 3.47. The maximum Gasteiger partial charge on any atom is 0.203 e. The van der Waals surface area contributed by atoms with Crippen LogP contribution in [0.15, 0.2) is 60.7 Å². The molecule has 0 spiro atoms. The van der Waals surface area contributed by atoms with Gasteiger partial charge in [-0.1, -0.05) is 41.9 Å². The van der Waals surface area contributed by atoms with Crippen LogP contribution < -0.4 is 19.5 Å². The molecule has 3 aromatic carbocycles. The molecule has 148 valence electrons. The molecule has 0 bridgehead atoms. The minimum absolute atomic E-state index is 0.556. The molecule has 0 aliphatic rings. The van der Waals surface area contributed by atoms with Gasteiger partial charge in [0.05, 0.1) is 26.8 Å². The van der Waals surface area contributed by atoms with E-state index in [1.807, 2.05) is 42.5 Å². The van der Waals surface area contributed by atoms with Gasteiger partial charge in [-0.2, -0.15) is 0 Å². The lowest BCUT2D eigenvalue weighted by molar-refractivity contribution is 0.324. The summed E-state index contributed by atoms with van der Waals surface area (Å²) in [6.07, 6.45) is 0. The molecule has 0 aliphatic heterocycles. The van der Waals surface area contributed by atoms with Crippen molar-refractivity contribution < 1.29 is 14.2 Å². The summed E-state index contributed by atoms with van der Waals surface area (Å²) in [5.41, 5.74) is 3.99. The third kappa shape index (κ3) is 3.69. The summed E-state index contributed by atoms with van der Waals surface area (Å²) in [5, 5.41) is 5.19. The lowest BCUT2D eigenvalue weighted by atomic mass is 10.0. The van der Waals surface area contributed by atoms with E-state index in [2.05, 4.69) is 28.5 Å². The number of anilines is 2. The molecule has 1 aromatic heterocycles. The highest BCUT2D eigenvalue weighted by Crippen LogP contribution is 2.41. The molecule has 2 N–H and O–H groups in total. The van der Waals surface area contributed by atoms with Crippen LogP contribution in [0.4, 0.5) is 11.5 Å². The molecule has 0 aliphatic carbocycles. The smallest absolute Gasteiger partial charge is 0.203 e. The second-order valence-corrected chi connectivity index (χ2v) is 6.94. The summed E-state index contributed by atoms with van der Waals surface area (Å²) in [6, 6.07) is 19.8. The van der Waals surface area contributed by atoms with Gasteiger partial charge in [-0.3, -0.25) is 0 Å². The van der Waals surface area contributed by atoms with Gasteiger partial charge in [-0.05, 0) is 23.8 Å². The van der Waals surface area contributed by atoms with Crippen LogP contribution in [0.25, 0.3) is 22.0 Å². The zero-order chi connectivity index (χ0) is 20.4. The average molecular weight is 409 g/mol. The third-order valence-corrected chi connectivity index (χ3v) is 4.97. The van der Waals surface area contributed by atoms with Crippen molar-refractivity contribution in [3.05, 3.63) is 65.7 Å². The fourth-order valence-electron chi connectivity index (χ4n) is 3.43. The van der Waals surface area contributed by atoms with Crippen LogP contribution in [-0.4, -0.2) is 26.3 Å². The zero-order valence-corrected chi connectivity index (χ0v) is 17.1. The topological polar surface area (TPSA) is 55.5 Å². The Bertz CT molecular complexity index is 1140. The van der Waals surface area contributed by atoms with E-state index in [4.69, 9.17) is 25.8 Å². The Kier molecular flexibility index (Phi) is 5.23. The number of ether oxygens (including phenoxy) is 3. The molecule has 4 rings (SSSR count). The van der Waals surface area contributed by atoms with E-state index in [1.54, 1.807) is 21.3 Å². The fourth-order valence-corrected chi connectivity index (χ4v) is 3.62. The SMILES string of the molecule is COc1cc(Nc2cc3cccc(-c4cccc(Cl)c4)c3[nH]2)cc(OC)c1OC. The molecule has 1 heterocycles. The Labute approximate surface area is 174 Å². The van der Waals surface area contributed by atoms with Crippen molar-refractivity contribution in [2.45, 2.75) is 0 Å². The Morgan fingerprint density at radius 1 is 0.828 bits per heavy atom. The van der Waals surface area contributed by atoms with Gasteiger partial charge < -0.3 is 24.5 Å². The van der Waals surface area contributed by atoms with E-state index in [0.717, 1.165) is 33.5 Å². The molecule has 0 radical (unpaired) electrons. The molecule has 4 aromatic rings. The highest BCUT2D eigenvalue weighted by atomic mass is 35.5. The molecular weight excluding hydrogens is 388 g/mol. The number of nitrogens with one attached hydrogen (secondary N) is 2. The minimum atomic E-state index is 0.556. The van der Waals surface area contributed by atoms with Crippen LogP contribution in [-0.2, 0) is 0 Å². The predicted molar refractivity (Wildman–Crippen MR) is 118 cm³/mol. The van der Waals surface area contributed by atoms with Crippen molar-refractivity contribution in [2.75, 3.05) is 26.6 Å². The van der Waals surface area contributed by atoms with Crippen molar-refractivity contribution in [3.63, 3.8) is 0 Å². The first-order valence-corrected chi connectivity index (χ1v) is 9.45. The molecule has 0 saturated heterocycles. The van der Waals surface area contributed by atoms with Gasteiger partial charge in [-0.25, -0.2) is 0 Å². The molecule has 5 nitrogen and oxygen atoms in total. The van der Waals surface area contributed by atoms with E-state index in [-0.39, 0.29) is 0 Å². The maximum atomic E-state index is 6.18. The van der Waals surface area contributed by atoms with Crippen LogP contribution in [0.1, 0.15) is 0 Å². The Hall–Kier alpha value is -3.31. The average Bonchev–Trinajstić information content (AvgIpc) is 3.15. The third-order valence-electron chi connectivity index (χ3n) is 4.74. The number of methoxy groups -OCH3 is 3. The van der Waals surface area contributed by atoms with Gasteiger partial charge in [-0.15, -0.1) is 0 Å². The van der Waals surface area contributed by atoms with E-state index in [0.29, 0.717) is 22.3 Å². The van der Waals surface area contributed by atoms with Gasteiger partial charge in [0.15, 0.2) is 11.5 Å². The lowest BCUT2D eigenvalue weighted by Crippen LogP contribution is -1.98. The molecule has 0 unspecified atom stereocenters. The fraction of sp³-hybridized carbons (Fsp3) is 0.130. The molecule has 29 heavy (non-hydrogen) atoms. The number of para-hydroxylation sites is 1. The van der Waals surface area contributed by atoms with Crippen molar-refractivity contribution in [3.8, 4) is 28.4 Å². The van der Waals surface area contributed by atoms with Crippen LogP contribution in [0.2, 0.25) is 5.02 Å². The lowest BCUT2D eigenvalue weighted by Gasteiger charge is -2.14. The number of H-pyrrole nitrogens is 1. The molecule has 6 heteroatoms. The van der Waals surface area contributed by atoms with Crippen LogP contribution in [0.5, 0.6) is 17.2 Å².